The maximum atomic E-state index is 10.3. The van der Waals surface area contributed by atoms with Gasteiger partial charge in [-0.25, -0.2) is 0 Å². The van der Waals surface area contributed by atoms with Gasteiger partial charge in [-0.1, -0.05) is 48.6 Å². The average Bonchev–Trinajstić information content (AvgIpc) is 3.17. The predicted octanol–water partition coefficient (Wildman–Crippen LogP) is 3.63. The Hall–Kier alpha value is -2.76. The van der Waals surface area contributed by atoms with Crippen molar-refractivity contribution in [3.63, 3.8) is 0 Å². The molecule has 0 aromatic heterocycles. The van der Waals surface area contributed by atoms with Crippen LogP contribution in [0, 0.1) is 0 Å². The Labute approximate surface area is 178 Å². The van der Waals surface area contributed by atoms with E-state index in [1.807, 2.05) is 36.4 Å². The standard InChI is InChI=1S/C25H30N2O3/c1-29-23-13-5-2-8-18(23)9-7-15-26-16-19(28)17-30-24-14-6-12-22-25(24)20-10-3-4-11-21(20)27-22/h2-6,8,10-14,19,22,25-28H,7,9,15-17H2,1H3. The lowest BCUT2D eigenvalue weighted by Crippen LogP contribution is -2.32. The number of benzene rings is 2. The Bertz CT molecular complexity index is 909. The normalized spacial score (nSPS) is 20.0. The second kappa shape index (κ2) is 9.83. The van der Waals surface area contributed by atoms with Crippen molar-refractivity contribution in [1.82, 2.24) is 5.32 Å². The van der Waals surface area contributed by atoms with Crippen molar-refractivity contribution in [3.8, 4) is 5.75 Å². The van der Waals surface area contributed by atoms with E-state index in [0.717, 1.165) is 36.6 Å². The smallest absolute Gasteiger partial charge is 0.122 e. The number of rotatable bonds is 10. The predicted molar refractivity (Wildman–Crippen MR) is 120 cm³/mol. The first-order valence-corrected chi connectivity index (χ1v) is 10.6. The zero-order valence-corrected chi connectivity index (χ0v) is 17.4. The van der Waals surface area contributed by atoms with E-state index < -0.39 is 6.10 Å². The summed E-state index contributed by atoms with van der Waals surface area (Å²) in [4.78, 5) is 0. The molecule has 0 spiro atoms. The average molecular weight is 407 g/mol. The molecule has 1 heterocycles. The van der Waals surface area contributed by atoms with Crippen molar-refractivity contribution in [2.24, 2.45) is 0 Å². The quantitative estimate of drug-likeness (QED) is 0.526. The number of para-hydroxylation sites is 2. The third-order valence-electron chi connectivity index (χ3n) is 5.68. The summed E-state index contributed by atoms with van der Waals surface area (Å²) in [6.45, 7) is 1.63. The fourth-order valence-electron chi connectivity index (χ4n) is 4.19. The number of ether oxygens (including phenoxy) is 2. The Morgan fingerprint density at radius 1 is 1.13 bits per heavy atom. The Balaban J connectivity index is 1.19. The Morgan fingerprint density at radius 3 is 2.87 bits per heavy atom. The van der Waals surface area contributed by atoms with Gasteiger partial charge in [0.2, 0.25) is 0 Å². The molecule has 2 aromatic rings. The number of fused-ring (bicyclic) bond motifs is 3. The molecule has 0 radical (unpaired) electrons. The molecule has 0 saturated carbocycles. The SMILES string of the molecule is COc1ccccc1CCCNCC(O)COC1=CC=CC2Nc3ccccc3C12. The maximum absolute atomic E-state index is 10.3. The number of hydrogen-bond donors (Lipinski definition) is 3. The molecule has 30 heavy (non-hydrogen) atoms. The van der Waals surface area contributed by atoms with Gasteiger partial charge in [-0.05, 0) is 48.7 Å². The van der Waals surface area contributed by atoms with Crippen LogP contribution in [-0.2, 0) is 11.2 Å². The molecule has 158 valence electrons. The molecule has 3 unspecified atom stereocenters. The molecule has 2 aliphatic rings. The van der Waals surface area contributed by atoms with E-state index in [-0.39, 0.29) is 18.6 Å². The molecule has 5 heteroatoms. The van der Waals surface area contributed by atoms with Gasteiger partial charge >= 0.3 is 0 Å². The lowest BCUT2D eigenvalue weighted by molar-refractivity contribution is 0.0650. The first-order valence-electron chi connectivity index (χ1n) is 10.6. The third-order valence-corrected chi connectivity index (χ3v) is 5.68. The first kappa shape index (κ1) is 20.5. The topological polar surface area (TPSA) is 62.8 Å². The van der Waals surface area contributed by atoms with Crippen molar-refractivity contribution < 1.29 is 14.6 Å². The van der Waals surface area contributed by atoms with E-state index >= 15 is 0 Å². The molecule has 4 rings (SSSR count). The Kier molecular flexibility index (Phi) is 6.72. The highest BCUT2D eigenvalue weighted by molar-refractivity contribution is 5.63. The fourth-order valence-corrected chi connectivity index (χ4v) is 4.19. The minimum Gasteiger partial charge on any atom is -0.496 e. The van der Waals surface area contributed by atoms with Crippen LogP contribution in [0.2, 0.25) is 0 Å². The summed E-state index contributed by atoms with van der Waals surface area (Å²) >= 11 is 0. The largest absolute Gasteiger partial charge is 0.496 e. The highest BCUT2D eigenvalue weighted by Gasteiger charge is 2.35. The summed E-state index contributed by atoms with van der Waals surface area (Å²) in [5.74, 6) is 2.02. The van der Waals surface area contributed by atoms with Gasteiger partial charge in [0, 0.05) is 12.2 Å². The van der Waals surface area contributed by atoms with E-state index in [9.17, 15) is 5.11 Å². The van der Waals surface area contributed by atoms with Gasteiger partial charge in [-0.15, -0.1) is 0 Å². The van der Waals surface area contributed by atoms with E-state index in [0.29, 0.717) is 6.54 Å². The van der Waals surface area contributed by atoms with Crippen LogP contribution in [0.15, 0.2) is 72.5 Å². The number of anilines is 1. The van der Waals surface area contributed by atoms with Crippen LogP contribution in [0.5, 0.6) is 5.75 Å². The summed E-state index contributed by atoms with van der Waals surface area (Å²) in [6.07, 6.45) is 7.58. The van der Waals surface area contributed by atoms with Crippen LogP contribution in [0.4, 0.5) is 5.69 Å². The molecule has 3 N–H and O–H groups in total. The summed E-state index contributed by atoms with van der Waals surface area (Å²) in [5.41, 5.74) is 3.62. The van der Waals surface area contributed by atoms with Crippen LogP contribution in [0.25, 0.3) is 0 Å². The number of aliphatic hydroxyl groups excluding tert-OH is 1. The van der Waals surface area contributed by atoms with Gasteiger partial charge < -0.3 is 25.2 Å². The second-order valence-corrected chi connectivity index (χ2v) is 7.77. The van der Waals surface area contributed by atoms with E-state index in [1.165, 1.54) is 11.1 Å². The molecule has 1 aliphatic heterocycles. The molecule has 0 saturated heterocycles. The molecule has 5 nitrogen and oxygen atoms in total. The summed E-state index contributed by atoms with van der Waals surface area (Å²) in [7, 11) is 1.70. The number of methoxy groups -OCH3 is 1. The van der Waals surface area contributed by atoms with Crippen molar-refractivity contribution in [2.75, 3.05) is 32.1 Å². The third kappa shape index (κ3) is 4.69. The van der Waals surface area contributed by atoms with Crippen LogP contribution in [-0.4, -0.2) is 44.1 Å². The lowest BCUT2D eigenvalue weighted by atomic mass is 9.90. The van der Waals surface area contributed by atoms with Crippen molar-refractivity contribution in [2.45, 2.75) is 30.9 Å². The molecular formula is C25H30N2O3. The van der Waals surface area contributed by atoms with E-state index in [2.05, 4.69) is 41.0 Å². The van der Waals surface area contributed by atoms with Crippen molar-refractivity contribution in [3.05, 3.63) is 83.6 Å². The molecule has 0 fully saturated rings. The van der Waals surface area contributed by atoms with Crippen LogP contribution < -0.4 is 15.4 Å². The maximum Gasteiger partial charge on any atom is 0.122 e. The molecule has 3 atom stereocenters. The van der Waals surface area contributed by atoms with Crippen molar-refractivity contribution in [1.29, 1.82) is 0 Å². The van der Waals surface area contributed by atoms with Crippen LogP contribution in [0.3, 0.4) is 0 Å². The highest BCUT2D eigenvalue weighted by atomic mass is 16.5. The summed E-state index contributed by atoms with van der Waals surface area (Å²) in [6, 6.07) is 16.7. The summed E-state index contributed by atoms with van der Waals surface area (Å²) in [5, 5.41) is 17.2. The van der Waals surface area contributed by atoms with Gasteiger partial charge in [0.15, 0.2) is 0 Å². The molecular weight excluding hydrogens is 376 g/mol. The zero-order valence-electron chi connectivity index (χ0n) is 17.4. The van der Waals surface area contributed by atoms with E-state index in [1.54, 1.807) is 7.11 Å². The molecule has 2 aromatic carbocycles. The molecule has 0 amide bonds. The number of allylic oxidation sites excluding steroid dienone is 2. The van der Waals surface area contributed by atoms with Gasteiger partial charge in [-0.3, -0.25) is 0 Å². The minimum absolute atomic E-state index is 0.173. The van der Waals surface area contributed by atoms with E-state index in [4.69, 9.17) is 9.47 Å². The lowest BCUT2D eigenvalue weighted by Gasteiger charge is -2.25. The van der Waals surface area contributed by atoms with Gasteiger partial charge in [0.1, 0.15) is 24.2 Å². The summed E-state index contributed by atoms with van der Waals surface area (Å²) < 4.78 is 11.4. The first-order chi connectivity index (χ1) is 14.8. The number of aryl methyl sites for hydroxylation is 1. The van der Waals surface area contributed by atoms with Gasteiger partial charge in [-0.2, -0.15) is 0 Å². The minimum atomic E-state index is -0.550. The van der Waals surface area contributed by atoms with Crippen LogP contribution >= 0.6 is 0 Å². The zero-order chi connectivity index (χ0) is 20.8. The Morgan fingerprint density at radius 2 is 1.97 bits per heavy atom. The van der Waals surface area contributed by atoms with Gasteiger partial charge in [0.05, 0.1) is 19.1 Å². The fraction of sp³-hybridized carbons (Fsp3) is 0.360. The van der Waals surface area contributed by atoms with Gasteiger partial charge in [0.25, 0.3) is 0 Å². The van der Waals surface area contributed by atoms with Crippen molar-refractivity contribution >= 4 is 5.69 Å². The number of nitrogens with one attached hydrogen (secondary N) is 2. The monoisotopic (exact) mass is 406 g/mol. The second-order valence-electron chi connectivity index (χ2n) is 7.77. The molecule has 1 aliphatic carbocycles. The molecule has 0 bridgehead atoms. The number of hydrogen-bond acceptors (Lipinski definition) is 5. The highest BCUT2D eigenvalue weighted by Crippen LogP contribution is 2.42. The number of aliphatic hydroxyl groups is 1. The van der Waals surface area contributed by atoms with Crippen LogP contribution in [0.1, 0.15) is 23.5 Å².